The molecule has 0 saturated carbocycles. The summed E-state index contributed by atoms with van der Waals surface area (Å²) in [6.45, 7) is 13.2. The molecule has 0 aromatic carbocycles. The average molecular weight is 535 g/mol. The van der Waals surface area contributed by atoms with Gasteiger partial charge in [-0.3, -0.25) is 0 Å². The Morgan fingerprint density at radius 3 is 1.10 bits per heavy atom. The summed E-state index contributed by atoms with van der Waals surface area (Å²) < 4.78 is 20.3. The maximum atomic E-state index is 8.10. The molecular weight excluding hydrogens is 480 g/mol. The van der Waals surface area contributed by atoms with Crippen molar-refractivity contribution >= 4 is 0 Å². The van der Waals surface area contributed by atoms with Gasteiger partial charge in [-0.05, 0) is 104 Å². The van der Waals surface area contributed by atoms with Crippen LogP contribution in [0.2, 0.25) is 0 Å². The molecule has 2 aliphatic heterocycles. The molecule has 0 bridgehead atoms. The Labute approximate surface area is 238 Å². The van der Waals surface area contributed by atoms with Gasteiger partial charge in [0.2, 0.25) is 0 Å². The Morgan fingerprint density at radius 1 is 0.615 bits per heavy atom. The molecule has 2 heterocycles. The van der Waals surface area contributed by atoms with Gasteiger partial charge in [-0.25, -0.2) is 0 Å². The zero-order chi connectivity index (χ0) is 27.1. The lowest BCUT2D eigenvalue weighted by Crippen LogP contribution is -2.65. The molecule has 2 unspecified atom stereocenters. The van der Waals surface area contributed by atoms with Crippen LogP contribution in [-0.2, 0) is 14.2 Å². The summed E-state index contributed by atoms with van der Waals surface area (Å²) in [5.74, 6) is 0. The average Bonchev–Trinajstić information content (AvgIpc) is 3.73. The first kappa shape index (κ1) is 28.0. The number of allylic oxidation sites excluding steroid dienone is 4. The summed E-state index contributed by atoms with van der Waals surface area (Å²) in [5.41, 5.74) is 6.61. The molecule has 216 valence electrons. The van der Waals surface area contributed by atoms with Crippen molar-refractivity contribution in [2.24, 2.45) is 21.7 Å². The Bertz CT molecular complexity index is 892. The Hall–Kier alpha value is -1.16. The SMILES string of the molecule is CCC1(C(OC(C2(CC)COC2)C(C)(C2=CCCC2)C2=CCCC2)C(C)(C2=CCCC2)C2=CCCC2)COC1. The van der Waals surface area contributed by atoms with Gasteiger partial charge in [-0.1, -0.05) is 60.4 Å². The largest absolute Gasteiger partial charge is 0.380 e. The van der Waals surface area contributed by atoms with Gasteiger partial charge in [-0.15, -0.1) is 0 Å². The third kappa shape index (κ3) is 4.40. The molecule has 4 aliphatic carbocycles. The number of ether oxygens (including phenoxy) is 3. The van der Waals surface area contributed by atoms with Gasteiger partial charge in [0.15, 0.2) is 0 Å². The zero-order valence-corrected chi connectivity index (χ0v) is 25.4. The molecule has 0 radical (unpaired) electrons. The van der Waals surface area contributed by atoms with Gasteiger partial charge in [-0.2, -0.15) is 0 Å². The van der Waals surface area contributed by atoms with Crippen LogP contribution in [0.1, 0.15) is 118 Å². The minimum atomic E-state index is -0.0560. The van der Waals surface area contributed by atoms with Gasteiger partial charge in [0.05, 0.1) is 38.6 Å². The molecule has 0 N–H and O–H groups in total. The maximum Gasteiger partial charge on any atom is 0.0807 e. The molecule has 2 fully saturated rings. The molecular formula is C36H54O3. The van der Waals surface area contributed by atoms with E-state index < -0.39 is 0 Å². The summed E-state index contributed by atoms with van der Waals surface area (Å²) in [7, 11) is 0. The smallest absolute Gasteiger partial charge is 0.0807 e. The Kier molecular flexibility index (Phi) is 7.83. The summed E-state index contributed by atoms with van der Waals surface area (Å²) >= 11 is 0. The van der Waals surface area contributed by atoms with Crippen molar-refractivity contribution in [2.75, 3.05) is 26.4 Å². The number of rotatable bonds is 12. The molecule has 6 aliphatic rings. The van der Waals surface area contributed by atoms with E-state index in [0.717, 1.165) is 39.3 Å². The summed E-state index contributed by atoms with van der Waals surface area (Å²) in [6.07, 6.45) is 27.7. The van der Waals surface area contributed by atoms with E-state index >= 15 is 0 Å². The van der Waals surface area contributed by atoms with E-state index in [1.807, 2.05) is 0 Å². The standard InChI is InChI=1S/C36H54O3/c1-5-35(23-37-24-35)31(33(3,27-15-7-8-16-27)28-17-9-10-18-28)39-32(36(6-2)25-38-26-36)34(4,29-19-11-12-20-29)30-21-13-14-22-30/h15,17,19,21,31-32H,5-14,16,18,20,22-26H2,1-4H3. The highest BCUT2D eigenvalue weighted by Gasteiger charge is 2.62. The lowest BCUT2D eigenvalue weighted by molar-refractivity contribution is -0.280. The third-order valence-corrected chi connectivity index (χ3v) is 12.2. The fraction of sp³-hybridized carbons (Fsp3) is 0.778. The fourth-order valence-electron chi connectivity index (χ4n) is 9.39. The first-order valence-electron chi connectivity index (χ1n) is 16.5. The van der Waals surface area contributed by atoms with Crippen LogP contribution in [-0.4, -0.2) is 38.6 Å². The third-order valence-electron chi connectivity index (χ3n) is 12.2. The van der Waals surface area contributed by atoms with Gasteiger partial charge in [0.1, 0.15) is 0 Å². The van der Waals surface area contributed by atoms with E-state index in [1.54, 1.807) is 22.3 Å². The zero-order valence-electron chi connectivity index (χ0n) is 25.4. The molecule has 2 saturated heterocycles. The van der Waals surface area contributed by atoms with Gasteiger partial charge < -0.3 is 14.2 Å². The molecule has 0 aromatic rings. The van der Waals surface area contributed by atoms with E-state index in [1.165, 1.54) is 77.0 Å². The van der Waals surface area contributed by atoms with E-state index in [2.05, 4.69) is 52.0 Å². The number of hydrogen-bond acceptors (Lipinski definition) is 3. The molecule has 3 nitrogen and oxygen atoms in total. The second-order valence-corrected chi connectivity index (χ2v) is 14.2. The van der Waals surface area contributed by atoms with Crippen LogP contribution in [0.15, 0.2) is 46.6 Å². The van der Waals surface area contributed by atoms with E-state index in [0.29, 0.717) is 0 Å². The monoisotopic (exact) mass is 534 g/mol. The van der Waals surface area contributed by atoms with Gasteiger partial charge in [0, 0.05) is 21.7 Å². The molecule has 0 aromatic heterocycles. The first-order chi connectivity index (χ1) is 18.9. The predicted octanol–water partition coefficient (Wildman–Crippen LogP) is 9.05. The van der Waals surface area contributed by atoms with Crippen LogP contribution in [0.25, 0.3) is 0 Å². The van der Waals surface area contributed by atoms with Crippen molar-refractivity contribution in [3.63, 3.8) is 0 Å². The van der Waals surface area contributed by atoms with Crippen LogP contribution in [0.4, 0.5) is 0 Å². The van der Waals surface area contributed by atoms with Crippen LogP contribution < -0.4 is 0 Å². The van der Waals surface area contributed by atoms with Crippen LogP contribution >= 0.6 is 0 Å². The molecule has 39 heavy (non-hydrogen) atoms. The molecule has 6 rings (SSSR count). The molecule has 3 heteroatoms. The lowest BCUT2D eigenvalue weighted by Gasteiger charge is -2.60. The van der Waals surface area contributed by atoms with Crippen molar-refractivity contribution < 1.29 is 14.2 Å². The van der Waals surface area contributed by atoms with Crippen molar-refractivity contribution in [3.05, 3.63) is 46.6 Å². The quantitative estimate of drug-likeness (QED) is 0.234. The minimum Gasteiger partial charge on any atom is -0.380 e. The van der Waals surface area contributed by atoms with Crippen LogP contribution in [0.5, 0.6) is 0 Å². The topological polar surface area (TPSA) is 27.7 Å². The summed E-state index contributed by atoms with van der Waals surface area (Å²) in [6, 6.07) is 0. The normalized spacial score (nSPS) is 27.8. The highest BCUT2D eigenvalue weighted by molar-refractivity contribution is 5.38. The highest BCUT2D eigenvalue weighted by atomic mass is 16.5. The second kappa shape index (κ2) is 10.9. The second-order valence-electron chi connectivity index (χ2n) is 14.2. The van der Waals surface area contributed by atoms with Crippen molar-refractivity contribution in [1.29, 1.82) is 0 Å². The van der Waals surface area contributed by atoms with E-state index in [9.17, 15) is 0 Å². The van der Waals surface area contributed by atoms with Crippen molar-refractivity contribution in [2.45, 2.75) is 130 Å². The van der Waals surface area contributed by atoms with Crippen LogP contribution in [0, 0.1) is 21.7 Å². The maximum absolute atomic E-state index is 8.10. The summed E-state index contributed by atoms with van der Waals surface area (Å²) in [5, 5.41) is 0. The highest BCUT2D eigenvalue weighted by Crippen LogP contribution is 2.61. The minimum absolute atomic E-state index is 0.0560. The molecule has 0 amide bonds. The Morgan fingerprint density at radius 2 is 0.923 bits per heavy atom. The van der Waals surface area contributed by atoms with Gasteiger partial charge >= 0.3 is 0 Å². The lowest BCUT2D eigenvalue weighted by atomic mass is 9.57. The predicted molar refractivity (Wildman–Crippen MR) is 160 cm³/mol. The summed E-state index contributed by atoms with van der Waals surface area (Å²) in [4.78, 5) is 0. The Balaban J connectivity index is 1.51. The van der Waals surface area contributed by atoms with E-state index in [-0.39, 0.29) is 33.9 Å². The van der Waals surface area contributed by atoms with Gasteiger partial charge in [0.25, 0.3) is 0 Å². The first-order valence-corrected chi connectivity index (χ1v) is 16.5. The van der Waals surface area contributed by atoms with Crippen molar-refractivity contribution in [3.8, 4) is 0 Å². The van der Waals surface area contributed by atoms with Crippen molar-refractivity contribution in [1.82, 2.24) is 0 Å². The van der Waals surface area contributed by atoms with E-state index in [4.69, 9.17) is 14.2 Å². The molecule has 0 spiro atoms. The fourth-order valence-corrected chi connectivity index (χ4v) is 9.39. The number of hydrogen-bond donors (Lipinski definition) is 0. The van der Waals surface area contributed by atoms with Crippen LogP contribution in [0.3, 0.4) is 0 Å². The molecule has 2 atom stereocenters.